The van der Waals surface area contributed by atoms with Crippen LogP contribution in [0, 0.1) is 19.3 Å². The minimum atomic E-state index is -0.672. The zero-order chi connectivity index (χ0) is 14.6. The third-order valence-electron chi connectivity index (χ3n) is 3.58. The first-order chi connectivity index (χ1) is 9.49. The van der Waals surface area contributed by atoms with Crippen LogP contribution < -0.4 is 4.74 Å². The molecule has 1 aliphatic carbocycles. The molecule has 0 bridgehead atoms. The Hall–Kier alpha value is -1.16. The van der Waals surface area contributed by atoms with E-state index in [9.17, 15) is 4.79 Å². The number of thioether (sulfide) groups is 1. The van der Waals surface area contributed by atoms with Crippen LogP contribution in [0.3, 0.4) is 0 Å². The average molecular weight is 294 g/mol. The van der Waals surface area contributed by atoms with Gasteiger partial charge in [0.15, 0.2) is 0 Å². The zero-order valence-corrected chi connectivity index (χ0v) is 13.0. The van der Waals surface area contributed by atoms with E-state index in [2.05, 4.69) is 19.9 Å². The van der Waals surface area contributed by atoms with Gasteiger partial charge in [-0.25, -0.2) is 0 Å². The van der Waals surface area contributed by atoms with Gasteiger partial charge in [-0.1, -0.05) is 6.07 Å². The zero-order valence-electron chi connectivity index (χ0n) is 12.1. The summed E-state index contributed by atoms with van der Waals surface area (Å²) in [5.74, 6) is 2.11. The number of aryl methyl sites for hydroxylation is 2. The third kappa shape index (κ3) is 4.75. The van der Waals surface area contributed by atoms with Crippen LogP contribution in [0.5, 0.6) is 5.75 Å². The maximum atomic E-state index is 10.8. The van der Waals surface area contributed by atoms with Crippen LogP contribution in [-0.4, -0.2) is 29.2 Å². The lowest BCUT2D eigenvalue weighted by molar-refractivity contribution is -0.138. The van der Waals surface area contributed by atoms with Gasteiger partial charge < -0.3 is 9.84 Å². The standard InChI is InChI=1S/C16H22O3S/c1-12-7-13(2)9-14(8-12)19-5-6-20-11-16(3-4-16)10-15(17)18/h7-9H,3-6,10-11H2,1-2H3,(H,17,18). The molecule has 1 fully saturated rings. The maximum Gasteiger partial charge on any atom is 0.303 e. The number of hydrogen-bond donors (Lipinski definition) is 1. The van der Waals surface area contributed by atoms with Gasteiger partial charge in [-0.2, -0.15) is 11.8 Å². The molecular formula is C16H22O3S. The molecule has 2 rings (SSSR count). The lowest BCUT2D eigenvalue weighted by atomic mass is 10.1. The molecule has 1 aromatic carbocycles. The van der Waals surface area contributed by atoms with Crippen LogP contribution in [-0.2, 0) is 4.79 Å². The number of aliphatic carboxylic acids is 1. The van der Waals surface area contributed by atoms with E-state index < -0.39 is 5.97 Å². The van der Waals surface area contributed by atoms with Gasteiger partial charge in [-0.15, -0.1) is 0 Å². The van der Waals surface area contributed by atoms with Gasteiger partial charge in [-0.3, -0.25) is 4.79 Å². The molecule has 0 saturated heterocycles. The third-order valence-corrected chi connectivity index (χ3v) is 4.86. The number of hydrogen-bond acceptors (Lipinski definition) is 3. The topological polar surface area (TPSA) is 46.5 Å². The highest BCUT2D eigenvalue weighted by Gasteiger charge is 2.43. The molecule has 0 aliphatic heterocycles. The van der Waals surface area contributed by atoms with E-state index in [1.807, 2.05) is 12.1 Å². The highest BCUT2D eigenvalue weighted by molar-refractivity contribution is 7.99. The lowest BCUT2D eigenvalue weighted by Gasteiger charge is -2.12. The molecule has 0 unspecified atom stereocenters. The van der Waals surface area contributed by atoms with Crippen molar-refractivity contribution in [3.8, 4) is 5.75 Å². The molecule has 1 aliphatic rings. The van der Waals surface area contributed by atoms with Crippen molar-refractivity contribution in [3.63, 3.8) is 0 Å². The molecule has 4 heteroatoms. The minimum absolute atomic E-state index is 0.0798. The smallest absolute Gasteiger partial charge is 0.303 e. The van der Waals surface area contributed by atoms with Crippen molar-refractivity contribution >= 4 is 17.7 Å². The summed E-state index contributed by atoms with van der Waals surface area (Å²) < 4.78 is 5.75. The first kappa shape index (κ1) is 15.2. The van der Waals surface area contributed by atoms with Gasteiger partial charge in [0.2, 0.25) is 0 Å². The quantitative estimate of drug-likeness (QED) is 0.743. The van der Waals surface area contributed by atoms with E-state index in [4.69, 9.17) is 9.84 Å². The normalized spacial score (nSPS) is 15.9. The number of carbonyl (C=O) groups is 1. The predicted octanol–water partition coefficient (Wildman–Crippen LogP) is 3.67. The second-order valence-electron chi connectivity index (χ2n) is 5.79. The first-order valence-corrected chi connectivity index (χ1v) is 8.15. The van der Waals surface area contributed by atoms with Crippen molar-refractivity contribution in [1.29, 1.82) is 0 Å². The molecule has 3 nitrogen and oxygen atoms in total. The molecule has 0 amide bonds. The summed E-state index contributed by atoms with van der Waals surface area (Å²) in [7, 11) is 0. The molecule has 0 heterocycles. The molecule has 0 radical (unpaired) electrons. The molecule has 1 saturated carbocycles. The summed E-state index contributed by atoms with van der Waals surface area (Å²) in [5, 5.41) is 8.86. The van der Waals surface area contributed by atoms with Gasteiger partial charge >= 0.3 is 5.97 Å². The van der Waals surface area contributed by atoms with E-state index in [1.54, 1.807) is 11.8 Å². The van der Waals surface area contributed by atoms with Crippen LogP contribution in [0.15, 0.2) is 18.2 Å². The van der Waals surface area contributed by atoms with Gasteiger partial charge in [0.25, 0.3) is 0 Å². The van der Waals surface area contributed by atoms with E-state index in [1.165, 1.54) is 11.1 Å². The fourth-order valence-corrected chi connectivity index (χ4v) is 3.56. The van der Waals surface area contributed by atoms with E-state index in [0.29, 0.717) is 13.0 Å². The second kappa shape index (κ2) is 6.53. The van der Waals surface area contributed by atoms with Crippen LogP contribution in [0.4, 0.5) is 0 Å². The summed E-state index contributed by atoms with van der Waals surface area (Å²) in [6.07, 6.45) is 2.44. The lowest BCUT2D eigenvalue weighted by Crippen LogP contribution is -2.12. The van der Waals surface area contributed by atoms with Crippen LogP contribution >= 0.6 is 11.8 Å². The molecule has 1 N–H and O–H groups in total. The van der Waals surface area contributed by atoms with Gasteiger partial charge in [0, 0.05) is 5.75 Å². The Morgan fingerprint density at radius 2 is 1.95 bits per heavy atom. The predicted molar refractivity (Wildman–Crippen MR) is 82.7 cm³/mol. The van der Waals surface area contributed by atoms with Crippen LogP contribution in [0.1, 0.15) is 30.4 Å². The van der Waals surface area contributed by atoms with Gasteiger partial charge in [0.1, 0.15) is 5.75 Å². The second-order valence-corrected chi connectivity index (χ2v) is 6.90. The molecule has 110 valence electrons. The van der Waals surface area contributed by atoms with Crippen molar-refractivity contribution < 1.29 is 14.6 Å². The Labute approximate surface area is 124 Å². The molecular weight excluding hydrogens is 272 g/mol. The Bertz CT molecular complexity index is 460. The van der Waals surface area contributed by atoms with Gasteiger partial charge in [0.05, 0.1) is 13.0 Å². The SMILES string of the molecule is Cc1cc(C)cc(OCCSCC2(CC(=O)O)CC2)c1. The fraction of sp³-hybridized carbons (Fsp3) is 0.562. The number of rotatable bonds is 8. The minimum Gasteiger partial charge on any atom is -0.493 e. The van der Waals surface area contributed by atoms with Gasteiger partial charge in [-0.05, 0) is 61.1 Å². The average Bonchev–Trinajstić information content (AvgIpc) is 3.06. The summed E-state index contributed by atoms with van der Waals surface area (Å²) in [6.45, 7) is 4.81. The maximum absolute atomic E-state index is 10.8. The van der Waals surface area contributed by atoms with Crippen molar-refractivity contribution in [2.75, 3.05) is 18.1 Å². The number of benzene rings is 1. The molecule has 0 spiro atoms. The van der Waals surface area contributed by atoms with Crippen molar-refractivity contribution in [2.45, 2.75) is 33.1 Å². The highest BCUT2D eigenvalue weighted by atomic mass is 32.2. The largest absolute Gasteiger partial charge is 0.493 e. The molecule has 0 aromatic heterocycles. The Kier molecular flexibility index (Phi) is 4.97. The van der Waals surface area contributed by atoms with E-state index >= 15 is 0 Å². The Balaban J connectivity index is 1.66. The molecule has 20 heavy (non-hydrogen) atoms. The Morgan fingerprint density at radius 3 is 2.50 bits per heavy atom. The summed E-state index contributed by atoms with van der Waals surface area (Å²) in [5.41, 5.74) is 2.51. The van der Waals surface area contributed by atoms with Crippen molar-refractivity contribution in [2.24, 2.45) is 5.41 Å². The number of carboxylic acids is 1. The molecule has 0 atom stereocenters. The summed E-state index contributed by atoms with van der Waals surface area (Å²) in [6, 6.07) is 6.22. The van der Waals surface area contributed by atoms with Crippen molar-refractivity contribution in [1.82, 2.24) is 0 Å². The number of carboxylic acid groups (broad SMARTS) is 1. The summed E-state index contributed by atoms with van der Waals surface area (Å²) in [4.78, 5) is 10.8. The van der Waals surface area contributed by atoms with Crippen LogP contribution in [0.2, 0.25) is 0 Å². The van der Waals surface area contributed by atoms with Crippen molar-refractivity contribution in [3.05, 3.63) is 29.3 Å². The first-order valence-electron chi connectivity index (χ1n) is 7.00. The molecule has 1 aromatic rings. The monoisotopic (exact) mass is 294 g/mol. The summed E-state index contributed by atoms with van der Waals surface area (Å²) >= 11 is 1.80. The Morgan fingerprint density at radius 1 is 1.30 bits per heavy atom. The van der Waals surface area contributed by atoms with E-state index in [0.717, 1.165) is 30.1 Å². The van der Waals surface area contributed by atoms with Crippen LogP contribution in [0.25, 0.3) is 0 Å². The fourth-order valence-electron chi connectivity index (χ4n) is 2.39. The number of ether oxygens (including phenoxy) is 1. The van der Waals surface area contributed by atoms with E-state index in [-0.39, 0.29) is 5.41 Å². The highest BCUT2D eigenvalue weighted by Crippen LogP contribution is 2.50.